The number of carboxylic acids is 1. The van der Waals surface area contributed by atoms with Gasteiger partial charge in [-0.1, -0.05) is 37.9 Å². The SMILES string of the molecule is CC(C)(C)OC(=O)N([C@@H](Cc1ccc(Br)cc1Br)C(=O)O)C(C)(C)C. The van der Waals surface area contributed by atoms with Crippen LogP contribution < -0.4 is 0 Å². The zero-order valence-electron chi connectivity index (χ0n) is 15.4. The molecule has 140 valence electrons. The van der Waals surface area contributed by atoms with Crippen LogP contribution in [0.15, 0.2) is 27.1 Å². The number of halogens is 2. The van der Waals surface area contributed by atoms with Gasteiger partial charge in [0, 0.05) is 20.9 Å². The van der Waals surface area contributed by atoms with Crippen LogP contribution in [0.1, 0.15) is 47.1 Å². The molecule has 1 N–H and O–H groups in total. The van der Waals surface area contributed by atoms with Gasteiger partial charge in [-0.3, -0.25) is 4.90 Å². The number of amides is 1. The van der Waals surface area contributed by atoms with Crippen molar-refractivity contribution in [1.29, 1.82) is 0 Å². The maximum atomic E-state index is 12.7. The van der Waals surface area contributed by atoms with Crippen LogP contribution in [0.25, 0.3) is 0 Å². The Kier molecular flexibility index (Phi) is 7.10. The van der Waals surface area contributed by atoms with Gasteiger partial charge in [-0.15, -0.1) is 0 Å². The third-order valence-corrected chi connectivity index (χ3v) is 4.57. The number of hydrogen-bond acceptors (Lipinski definition) is 3. The standard InChI is InChI=1S/C18H25Br2NO4/c1-17(2,3)21(16(24)25-18(4,5)6)14(15(22)23)9-11-7-8-12(19)10-13(11)20/h7-8,10,14H,9H2,1-6H3,(H,22,23)/t14-/m0/s1. The molecule has 0 aromatic heterocycles. The Morgan fingerprint density at radius 2 is 1.72 bits per heavy atom. The first-order valence-electron chi connectivity index (χ1n) is 7.91. The minimum absolute atomic E-state index is 0.166. The van der Waals surface area contributed by atoms with E-state index >= 15 is 0 Å². The summed E-state index contributed by atoms with van der Waals surface area (Å²) in [5.41, 5.74) is -0.622. The minimum atomic E-state index is -1.07. The Morgan fingerprint density at radius 1 is 1.16 bits per heavy atom. The third kappa shape index (κ3) is 6.62. The summed E-state index contributed by atoms with van der Waals surface area (Å²) in [6.07, 6.45) is -0.472. The van der Waals surface area contributed by atoms with Gasteiger partial charge in [0.25, 0.3) is 0 Å². The first-order chi connectivity index (χ1) is 11.2. The van der Waals surface area contributed by atoms with Crippen molar-refractivity contribution in [3.8, 4) is 0 Å². The quantitative estimate of drug-likeness (QED) is 0.642. The van der Waals surface area contributed by atoms with Crippen LogP contribution in [0.2, 0.25) is 0 Å². The molecule has 0 aliphatic rings. The van der Waals surface area contributed by atoms with Crippen LogP contribution >= 0.6 is 31.9 Å². The molecule has 1 rings (SSSR count). The number of carbonyl (C=O) groups excluding carboxylic acids is 1. The van der Waals surface area contributed by atoms with E-state index in [1.165, 1.54) is 4.90 Å². The topological polar surface area (TPSA) is 66.8 Å². The largest absolute Gasteiger partial charge is 0.480 e. The van der Waals surface area contributed by atoms with Gasteiger partial charge in [0.1, 0.15) is 11.6 Å². The van der Waals surface area contributed by atoms with Crippen molar-refractivity contribution >= 4 is 43.9 Å². The second-order valence-corrected chi connectivity index (χ2v) is 9.59. The highest BCUT2D eigenvalue weighted by molar-refractivity contribution is 9.11. The molecule has 1 aromatic rings. The molecule has 25 heavy (non-hydrogen) atoms. The smallest absolute Gasteiger partial charge is 0.411 e. The van der Waals surface area contributed by atoms with Gasteiger partial charge < -0.3 is 9.84 Å². The summed E-state index contributed by atoms with van der Waals surface area (Å²) >= 11 is 6.83. The number of ether oxygens (including phenoxy) is 1. The zero-order valence-corrected chi connectivity index (χ0v) is 18.6. The van der Waals surface area contributed by atoms with E-state index in [9.17, 15) is 14.7 Å². The number of carboxylic acid groups (broad SMARTS) is 1. The van der Waals surface area contributed by atoms with E-state index in [2.05, 4.69) is 31.9 Å². The molecule has 0 aliphatic carbocycles. The second-order valence-electron chi connectivity index (χ2n) is 7.82. The van der Waals surface area contributed by atoms with E-state index in [4.69, 9.17) is 4.74 Å². The molecule has 1 atom stereocenters. The first kappa shape index (κ1) is 22.0. The molecule has 0 saturated heterocycles. The lowest BCUT2D eigenvalue weighted by Crippen LogP contribution is -2.56. The van der Waals surface area contributed by atoms with E-state index in [0.717, 1.165) is 14.5 Å². The number of benzene rings is 1. The fraction of sp³-hybridized carbons (Fsp3) is 0.556. The highest BCUT2D eigenvalue weighted by Gasteiger charge is 2.40. The summed E-state index contributed by atoms with van der Waals surface area (Å²) in [5.74, 6) is -1.07. The summed E-state index contributed by atoms with van der Waals surface area (Å²) in [4.78, 5) is 26.0. The summed E-state index contributed by atoms with van der Waals surface area (Å²) in [7, 11) is 0. The maximum absolute atomic E-state index is 12.7. The first-order valence-corrected chi connectivity index (χ1v) is 9.50. The fourth-order valence-electron chi connectivity index (χ4n) is 2.36. The molecular weight excluding hydrogens is 454 g/mol. The molecule has 0 radical (unpaired) electrons. The lowest BCUT2D eigenvalue weighted by molar-refractivity contribution is -0.145. The van der Waals surface area contributed by atoms with E-state index < -0.39 is 29.2 Å². The normalized spacial score (nSPS) is 13.3. The molecule has 0 fully saturated rings. The predicted octanol–water partition coefficient (Wildman–Crippen LogP) is 5.24. The number of rotatable bonds is 4. The zero-order chi connectivity index (χ0) is 19.6. The lowest BCUT2D eigenvalue weighted by Gasteiger charge is -2.40. The molecule has 0 bridgehead atoms. The number of aliphatic carboxylic acids is 1. The van der Waals surface area contributed by atoms with Crippen LogP contribution in [0, 0.1) is 0 Å². The van der Waals surface area contributed by atoms with E-state index in [0.29, 0.717) is 0 Å². The monoisotopic (exact) mass is 477 g/mol. The highest BCUT2D eigenvalue weighted by Crippen LogP contribution is 2.28. The van der Waals surface area contributed by atoms with Crippen LogP contribution in [-0.4, -0.2) is 39.3 Å². The van der Waals surface area contributed by atoms with Crippen molar-refractivity contribution in [1.82, 2.24) is 4.90 Å². The summed E-state index contributed by atoms with van der Waals surface area (Å²) < 4.78 is 7.12. The van der Waals surface area contributed by atoms with E-state index in [-0.39, 0.29) is 6.42 Å². The van der Waals surface area contributed by atoms with Crippen molar-refractivity contribution in [2.45, 2.75) is 65.1 Å². The minimum Gasteiger partial charge on any atom is -0.480 e. The Morgan fingerprint density at radius 3 is 2.12 bits per heavy atom. The van der Waals surface area contributed by atoms with Crippen molar-refractivity contribution in [3.63, 3.8) is 0 Å². The molecule has 7 heteroatoms. The summed E-state index contributed by atoms with van der Waals surface area (Å²) in [5, 5.41) is 9.79. The molecule has 0 unspecified atom stereocenters. The molecule has 0 heterocycles. The summed E-state index contributed by atoms with van der Waals surface area (Å²) in [6.45, 7) is 10.7. The van der Waals surface area contributed by atoms with Gasteiger partial charge in [0.15, 0.2) is 0 Å². The maximum Gasteiger partial charge on any atom is 0.411 e. The molecular formula is C18H25Br2NO4. The number of hydrogen-bond donors (Lipinski definition) is 1. The second kappa shape index (κ2) is 8.08. The fourth-order valence-corrected chi connectivity index (χ4v) is 3.57. The predicted molar refractivity (Wildman–Crippen MR) is 105 cm³/mol. The average molecular weight is 479 g/mol. The van der Waals surface area contributed by atoms with Crippen LogP contribution in [0.3, 0.4) is 0 Å². The Labute approximate surface area is 166 Å². The molecule has 0 spiro atoms. The van der Waals surface area contributed by atoms with Gasteiger partial charge >= 0.3 is 12.1 Å². The number of carbonyl (C=O) groups is 2. The lowest BCUT2D eigenvalue weighted by atomic mass is 9.98. The number of nitrogens with zero attached hydrogens (tertiary/aromatic N) is 1. The van der Waals surface area contributed by atoms with Gasteiger partial charge in [-0.2, -0.15) is 0 Å². The van der Waals surface area contributed by atoms with Gasteiger partial charge in [0.2, 0.25) is 0 Å². The average Bonchev–Trinajstić information content (AvgIpc) is 2.36. The molecule has 0 saturated carbocycles. The van der Waals surface area contributed by atoms with Gasteiger partial charge in [-0.25, -0.2) is 9.59 Å². The molecule has 1 aromatic carbocycles. The Balaban J connectivity index is 3.25. The summed E-state index contributed by atoms with van der Waals surface area (Å²) in [6, 6.07) is 4.48. The van der Waals surface area contributed by atoms with Crippen molar-refractivity contribution in [3.05, 3.63) is 32.7 Å². The third-order valence-electron chi connectivity index (χ3n) is 3.34. The molecule has 5 nitrogen and oxygen atoms in total. The van der Waals surface area contributed by atoms with Crippen LogP contribution in [-0.2, 0) is 16.0 Å². The van der Waals surface area contributed by atoms with Crippen LogP contribution in [0.4, 0.5) is 4.79 Å². The van der Waals surface area contributed by atoms with E-state index in [1.807, 2.05) is 18.2 Å². The van der Waals surface area contributed by atoms with Crippen LogP contribution in [0.5, 0.6) is 0 Å². The Bertz CT molecular complexity index is 647. The van der Waals surface area contributed by atoms with E-state index in [1.54, 1.807) is 41.5 Å². The van der Waals surface area contributed by atoms with Crippen molar-refractivity contribution in [2.24, 2.45) is 0 Å². The molecule has 0 aliphatic heterocycles. The van der Waals surface area contributed by atoms with Crippen molar-refractivity contribution < 1.29 is 19.4 Å². The van der Waals surface area contributed by atoms with Gasteiger partial charge in [-0.05, 0) is 59.2 Å². The Hall–Kier alpha value is -1.08. The highest BCUT2D eigenvalue weighted by atomic mass is 79.9. The molecule has 1 amide bonds. The van der Waals surface area contributed by atoms with Crippen molar-refractivity contribution in [2.75, 3.05) is 0 Å². The van der Waals surface area contributed by atoms with Gasteiger partial charge in [0.05, 0.1) is 0 Å².